The number of ether oxygens (including phenoxy) is 2. The highest BCUT2D eigenvalue weighted by atomic mass is 16.5. The number of methoxy groups -OCH3 is 1. The fourth-order valence-corrected chi connectivity index (χ4v) is 2.37. The summed E-state index contributed by atoms with van der Waals surface area (Å²) in [7, 11) is 1.58. The molecule has 0 aliphatic heterocycles. The maximum absolute atomic E-state index is 12.4. The first-order valence-electron chi connectivity index (χ1n) is 8.88. The Balaban J connectivity index is 2.20. The third-order valence-electron chi connectivity index (χ3n) is 3.93. The zero-order valence-corrected chi connectivity index (χ0v) is 15.9. The van der Waals surface area contributed by atoms with E-state index in [0.717, 1.165) is 18.4 Å². The first-order chi connectivity index (χ1) is 13.1. The van der Waals surface area contributed by atoms with Crippen molar-refractivity contribution in [2.45, 2.75) is 26.7 Å². The molecule has 0 heterocycles. The number of amides is 1. The molecule has 0 bridgehead atoms. The lowest BCUT2D eigenvalue weighted by molar-refractivity contribution is -0.112. The molecule has 2 rings (SSSR count). The number of benzene rings is 2. The molecular formula is C22H24N2O3. The Labute approximate surface area is 160 Å². The van der Waals surface area contributed by atoms with Gasteiger partial charge in [-0.05, 0) is 49.2 Å². The average Bonchev–Trinajstić information content (AvgIpc) is 2.68. The lowest BCUT2D eigenvalue weighted by atomic mass is 10.1. The van der Waals surface area contributed by atoms with Crippen LogP contribution in [0.1, 0.15) is 30.9 Å². The van der Waals surface area contributed by atoms with E-state index in [0.29, 0.717) is 29.4 Å². The van der Waals surface area contributed by atoms with E-state index in [1.165, 1.54) is 6.08 Å². The van der Waals surface area contributed by atoms with E-state index in [-0.39, 0.29) is 5.57 Å². The second kappa shape index (κ2) is 10.0. The first-order valence-corrected chi connectivity index (χ1v) is 8.88. The van der Waals surface area contributed by atoms with Crippen molar-refractivity contribution in [2.75, 3.05) is 19.0 Å². The molecule has 0 aliphatic rings. The predicted octanol–water partition coefficient (Wildman–Crippen LogP) is 4.73. The van der Waals surface area contributed by atoms with Gasteiger partial charge in [0.05, 0.1) is 13.7 Å². The lowest BCUT2D eigenvalue weighted by Crippen LogP contribution is -2.13. The summed E-state index contributed by atoms with van der Waals surface area (Å²) in [6.07, 6.45) is 3.50. The highest BCUT2D eigenvalue weighted by molar-refractivity contribution is 6.09. The molecule has 0 radical (unpaired) electrons. The van der Waals surface area contributed by atoms with E-state index >= 15 is 0 Å². The van der Waals surface area contributed by atoms with Crippen molar-refractivity contribution in [3.63, 3.8) is 0 Å². The van der Waals surface area contributed by atoms with E-state index < -0.39 is 5.91 Å². The minimum Gasteiger partial charge on any atom is -0.493 e. The number of rotatable bonds is 8. The van der Waals surface area contributed by atoms with Crippen molar-refractivity contribution in [3.8, 4) is 17.6 Å². The van der Waals surface area contributed by atoms with Gasteiger partial charge >= 0.3 is 0 Å². The normalized spacial score (nSPS) is 10.8. The number of hydrogen-bond acceptors (Lipinski definition) is 4. The predicted molar refractivity (Wildman–Crippen MR) is 107 cm³/mol. The summed E-state index contributed by atoms with van der Waals surface area (Å²) in [4.78, 5) is 12.4. The van der Waals surface area contributed by atoms with Crippen molar-refractivity contribution in [3.05, 3.63) is 59.2 Å². The van der Waals surface area contributed by atoms with Crippen LogP contribution in [0.2, 0.25) is 0 Å². The van der Waals surface area contributed by atoms with Crippen molar-refractivity contribution in [1.29, 1.82) is 5.26 Å². The maximum Gasteiger partial charge on any atom is 0.266 e. The maximum atomic E-state index is 12.4. The molecule has 5 nitrogen and oxygen atoms in total. The quantitative estimate of drug-likeness (QED) is 0.418. The van der Waals surface area contributed by atoms with Crippen LogP contribution in [0.4, 0.5) is 5.69 Å². The molecule has 2 aromatic rings. The fraction of sp³-hybridized carbons (Fsp3) is 0.273. The zero-order chi connectivity index (χ0) is 19.6. The molecule has 0 aromatic heterocycles. The number of nitriles is 1. The lowest BCUT2D eigenvalue weighted by Gasteiger charge is -2.11. The molecule has 2 aromatic carbocycles. The molecule has 1 N–H and O–H groups in total. The van der Waals surface area contributed by atoms with Crippen LogP contribution in [0.15, 0.2) is 48.0 Å². The van der Waals surface area contributed by atoms with Crippen molar-refractivity contribution in [2.24, 2.45) is 0 Å². The minimum absolute atomic E-state index is 0.0141. The second-order valence-corrected chi connectivity index (χ2v) is 6.10. The fourth-order valence-electron chi connectivity index (χ4n) is 2.37. The Morgan fingerprint density at radius 1 is 1.19 bits per heavy atom. The van der Waals surface area contributed by atoms with Crippen LogP contribution in [0.3, 0.4) is 0 Å². The van der Waals surface area contributed by atoms with Crippen LogP contribution < -0.4 is 14.8 Å². The van der Waals surface area contributed by atoms with Crippen LogP contribution in [-0.4, -0.2) is 19.6 Å². The van der Waals surface area contributed by atoms with Crippen LogP contribution >= 0.6 is 0 Å². The number of nitrogens with zero attached hydrogens (tertiary/aromatic N) is 1. The standard InChI is InChI=1S/C22H24N2O3/c1-4-5-12-27-21-14-17(8-11-20(21)26-3)13-18(15-23)22(25)24-19-9-6-16(2)7-10-19/h6-11,13-14H,4-5,12H2,1-3H3,(H,24,25)/b18-13+. The van der Waals surface area contributed by atoms with E-state index in [4.69, 9.17) is 9.47 Å². The summed E-state index contributed by atoms with van der Waals surface area (Å²) in [5.74, 6) is 0.757. The summed E-state index contributed by atoms with van der Waals surface area (Å²) in [5.41, 5.74) is 2.45. The van der Waals surface area contributed by atoms with E-state index in [1.807, 2.05) is 25.1 Å². The van der Waals surface area contributed by atoms with Crippen LogP contribution in [0, 0.1) is 18.3 Å². The molecule has 0 unspecified atom stereocenters. The first kappa shape index (κ1) is 20.1. The molecular weight excluding hydrogens is 340 g/mol. The third kappa shape index (κ3) is 5.89. The van der Waals surface area contributed by atoms with Gasteiger partial charge in [0, 0.05) is 5.69 Å². The summed E-state index contributed by atoms with van der Waals surface area (Å²) >= 11 is 0. The number of unbranched alkanes of at least 4 members (excludes halogenated alkanes) is 1. The Hall–Kier alpha value is -3.26. The molecule has 0 saturated carbocycles. The Morgan fingerprint density at radius 2 is 1.93 bits per heavy atom. The number of carbonyl (C=O) groups excluding carboxylic acids is 1. The molecule has 27 heavy (non-hydrogen) atoms. The topological polar surface area (TPSA) is 71.3 Å². The van der Waals surface area contributed by atoms with Crippen LogP contribution in [0.25, 0.3) is 6.08 Å². The highest BCUT2D eigenvalue weighted by Crippen LogP contribution is 2.29. The molecule has 0 fully saturated rings. The summed E-state index contributed by atoms with van der Waals surface area (Å²) in [6, 6.07) is 14.7. The van der Waals surface area contributed by atoms with Gasteiger partial charge in [-0.15, -0.1) is 0 Å². The Morgan fingerprint density at radius 3 is 2.56 bits per heavy atom. The molecule has 0 spiro atoms. The van der Waals surface area contributed by atoms with Gasteiger partial charge in [0.25, 0.3) is 5.91 Å². The van der Waals surface area contributed by atoms with Crippen LogP contribution in [0.5, 0.6) is 11.5 Å². The van der Waals surface area contributed by atoms with Gasteiger partial charge in [0.15, 0.2) is 11.5 Å². The third-order valence-corrected chi connectivity index (χ3v) is 3.93. The molecule has 140 valence electrons. The number of nitrogens with one attached hydrogen (secondary N) is 1. The van der Waals surface area contributed by atoms with Crippen molar-refractivity contribution in [1.82, 2.24) is 0 Å². The van der Waals surface area contributed by atoms with Gasteiger partial charge in [-0.3, -0.25) is 4.79 Å². The Kier molecular flexibility index (Phi) is 7.45. The monoisotopic (exact) mass is 364 g/mol. The summed E-state index contributed by atoms with van der Waals surface area (Å²) in [6.45, 7) is 4.64. The highest BCUT2D eigenvalue weighted by Gasteiger charge is 2.11. The van der Waals surface area contributed by atoms with Crippen LogP contribution in [-0.2, 0) is 4.79 Å². The summed E-state index contributed by atoms with van der Waals surface area (Å²) in [5, 5.41) is 12.1. The van der Waals surface area contributed by atoms with Crippen molar-refractivity contribution < 1.29 is 14.3 Å². The second-order valence-electron chi connectivity index (χ2n) is 6.10. The van der Waals surface area contributed by atoms with E-state index in [1.54, 1.807) is 37.4 Å². The van der Waals surface area contributed by atoms with Gasteiger partial charge < -0.3 is 14.8 Å². The molecule has 0 saturated heterocycles. The number of carbonyl (C=O) groups is 1. The van der Waals surface area contributed by atoms with Gasteiger partial charge in [-0.1, -0.05) is 37.1 Å². The number of hydrogen-bond donors (Lipinski definition) is 1. The average molecular weight is 364 g/mol. The smallest absolute Gasteiger partial charge is 0.266 e. The SMILES string of the molecule is CCCCOc1cc(/C=C(\C#N)C(=O)Nc2ccc(C)cc2)ccc1OC. The van der Waals surface area contributed by atoms with Gasteiger partial charge in [0.2, 0.25) is 0 Å². The minimum atomic E-state index is -0.453. The number of anilines is 1. The molecule has 0 atom stereocenters. The number of aryl methyl sites for hydroxylation is 1. The van der Waals surface area contributed by atoms with Gasteiger partial charge in [-0.2, -0.15) is 5.26 Å². The van der Waals surface area contributed by atoms with Gasteiger partial charge in [0.1, 0.15) is 11.6 Å². The van der Waals surface area contributed by atoms with E-state index in [9.17, 15) is 10.1 Å². The molecule has 1 amide bonds. The zero-order valence-electron chi connectivity index (χ0n) is 15.9. The van der Waals surface area contributed by atoms with Gasteiger partial charge in [-0.25, -0.2) is 0 Å². The molecule has 5 heteroatoms. The Bertz CT molecular complexity index is 849. The summed E-state index contributed by atoms with van der Waals surface area (Å²) < 4.78 is 11.1. The van der Waals surface area contributed by atoms with Crippen molar-refractivity contribution >= 4 is 17.7 Å². The molecule has 0 aliphatic carbocycles. The largest absolute Gasteiger partial charge is 0.493 e. The van der Waals surface area contributed by atoms with E-state index in [2.05, 4.69) is 12.2 Å².